The molecule has 5 N–H and O–H groups in total. The number of H-pyrrole nitrogens is 1. The number of nitrogens with zero attached hydrogens (tertiary/aromatic N) is 3. The number of aromatic nitrogens is 1. The van der Waals surface area contributed by atoms with Gasteiger partial charge in [-0.05, 0) is 80.0 Å². The van der Waals surface area contributed by atoms with Crippen molar-refractivity contribution in [3.05, 3.63) is 92.7 Å². The van der Waals surface area contributed by atoms with E-state index in [-0.39, 0.29) is 37.2 Å². The molecular formula is C38H40N4O8. The predicted molar refractivity (Wildman–Crippen MR) is 187 cm³/mol. The number of hydrogen-bond acceptors (Lipinski definition) is 7. The number of aromatic amines is 1. The Morgan fingerprint density at radius 3 is 2.32 bits per heavy atom. The molecule has 0 saturated heterocycles. The van der Waals surface area contributed by atoms with Crippen LogP contribution in [0.4, 0.5) is 0 Å². The molecule has 0 fully saturated rings. The van der Waals surface area contributed by atoms with Crippen molar-refractivity contribution in [2.45, 2.75) is 78.7 Å². The number of hydrogen-bond donors (Lipinski definition) is 5. The number of allylic oxidation sites excluding steroid dienone is 7. The fraction of sp³-hybridized carbons (Fsp3) is 0.395. The summed E-state index contributed by atoms with van der Waals surface area (Å²) in [4.78, 5) is 67.4. The lowest BCUT2D eigenvalue weighted by Crippen LogP contribution is -2.44. The maximum Gasteiger partial charge on any atom is 0.332 e. The Kier molecular flexibility index (Phi) is 8.83. The highest BCUT2D eigenvalue weighted by Crippen LogP contribution is 2.53. The van der Waals surface area contributed by atoms with Crippen LogP contribution in [0.5, 0.6) is 0 Å². The van der Waals surface area contributed by atoms with Gasteiger partial charge in [0.15, 0.2) is 0 Å². The first-order valence-corrected chi connectivity index (χ1v) is 16.6. The SMILES string of the molecule is C=CC1C2=NC(=C1C)C=C1N=C(CC3=NC(Cc4[nH]c(c(C)c4CCC(=O)O)C2)C(CCC(=O)O)=C3C)[C@@]2(C)C1=CC=C(C(=O)O)[C@H]2C(=O)O. The van der Waals surface area contributed by atoms with Crippen molar-refractivity contribution in [2.75, 3.05) is 0 Å². The Labute approximate surface area is 288 Å². The van der Waals surface area contributed by atoms with Gasteiger partial charge in [-0.1, -0.05) is 18.2 Å². The van der Waals surface area contributed by atoms with Crippen LogP contribution >= 0.6 is 0 Å². The van der Waals surface area contributed by atoms with Crippen LogP contribution < -0.4 is 0 Å². The molecule has 12 nitrogen and oxygen atoms in total. The first-order valence-electron chi connectivity index (χ1n) is 16.6. The number of aliphatic imine (C=N–C) groups is 3. The van der Waals surface area contributed by atoms with E-state index in [2.05, 4.69) is 11.6 Å². The molecule has 12 heteroatoms. The summed E-state index contributed by atoms with van der Waals surface area (Å²) in [5.41, 5.74) is 8.14. The van der Waals surface area contributed by atoms with E-state index in [1.165, 1.54) is 6.08 Å². The average Bonchev–Trinajstić information content (AvgIpc) is 3.69. The lowest BCUT2D eigenvalue weighted by molar-refractivity contribution is -0.145. The van der Waals surface area contributed by atoms with Crippen molar-refractivity contribution in [1.29, 1.82) is 0 Å². The summed E-state index contributed by atoms with van der Waals surface area (Å²) >= 11 is 0. The molecule has 0 aromatic carbocycles. The average molecular weight is 681 g/mol. The molecule has 0 amide bonds. The fourth-order valence-corrected chi connectivity index (χ4v) is 8.23. The number of nitrogens with one attached hydrogen (secondary N) is 1. The van der Waals surface area contributed by atoms with Gasteiger partial charge in [-0.15, -0.1) is 6.58 Å². The van der Waals surface area contributed by atoms with Crippen molar-refractivity contribution >= 4 is 41.0 Å². The van der Waals surface area contributed by atoms with Crippen LogP contribution in [0.25, 0.3) is 0 Å². The molecule has 8 bridgehead atoms. The second kappa shape index (κ2) is 12.8. The van der Waals surface area contributed by atoms with Crippen LogP contribution in [0.1, 0.15) is 69.0 Å². The molecule has 1 aromatic rings. The molecule has 1 aliphatic carbocycles. The summed E-state index contributed by atoms with van der Waals surface area (Å²) < 4.78 is 0. The zero-order chi connectivity index (χ0) is 36.2. The monoisotopic (exact) mass is 680 g/mol. The largest absolute Gasteiger partial charge is 0.481 e. The molecule has 2 unspecified atom stereocenters. The minimum atomic E-state index is -1.43. The van der Waals surface area contributed by atoms with E-state index in [9.17, 15) is 39.6 Å². The summed E-state index contributed by atoms with van der Waals surface area (Å²) in [7, 11) is 0. The molecular weight excluding hydrogens is 640 g/mol. The molecule has 50 heavy (non-hydrogen) atoms. The lowest BCUT2D eigenvalue weighted by Gasteiger charge is -2.37. The maximum absolute atomic E-state index is 12.9. The molecule has 0 radical (unpaired) electrons. The van der Waals surface area contributed by atoms with Crippen LogP contribution in [0.15, 0.2) is 85.1 Å². The van der Waals surface area contributed by atoms with Gasteiger partial charge in [0.2, 0.25) is 0 Å². The molecule has 5 heterocycles. The summed E-state index contributed by atoms with van der Waals surface area (Å²) in [5, 5.41) is 39.7. The fourth-order valence-electron chi connectivity index (χ4n) is 8.23. The van der Waals surface area contributed by atoms with Gasteiger partial charge in [0, 0.05) is 66.5 Å². The van der Waals surface area contributed by atoms with E-state index in [0.717, 1.165) is 44.9 Å². The minimum absolute atomic E-state index is 0.0640. The Balaban J connectivity index is 1.58. The van der Waals surface area contributed by atoms with Crippen molar-refractivity contribution in [1.82, 2.24) is 4.98 Å². The molecule has 4 aliphatic heterocycles. The van der Waals surface area contributed by atoms with Gasteiger partial charge in [-0.2, -0.15) is 0 Å². The van der Waals surface area contributed by atoms with Crippen molar-refractivity contribution in [3.63, 3.8) is 0 Å². The summed E-state index contributed by atoms with van der Waals surface area (Å²) in [6.45, 7) is 11.6. The van der Waals surface area contributed by atoms with Gasteiger partial charge in [0.1, 0.15) is 5.92 Å². The Hall–Kier alpha value is -5.39. The van der Waals surface area contributed by atoms with Crippen LogP contribution in [-0.4, -0.2) is 72.5 Å². The standard InChI is InChI=1S/C38H40N4O8/c1-6-20-17(2)26-14-31-24-10-7-23(36(47)48)35(37(49)50)38(24,5)32(42-31)16-27-19(4)22(9-12-34(45)46)30(41-27)15-29-21(8-11-33(43)44)18(3)25(40-29)13-28(20)39-26/h6-7,10,14,20,30,35,40H,1,8-9,11-13,15-16H2,2-5H3,(H,43,44)(H,45,46)(H,47,48)(H,49,50)/t20?,30?,35-,38+/m0/s1. The van der Waals surface area contributed by atoms with Gasteiger partial charge >= 0.3 is 23.9 Å². The second-order valence-corrected chi connectivity index (χ2v) is 13.7. The molecule has 260 valence electrons. The van der Waals surface area contributed by atoms with Gasteiger partial charge in [0.05, 0.1) is 28.4 Å². The number of fused-ring (bicyclic) bond motifs is 8. The van der Waals surface area contributed by atoms with Crippen LogP contribution in [0.2, 0.25) is 0 Å². The molecule has 0 saturated carbocycles. The molecule has 1 aromatic heterocycles. The van der Waals surface area contributed by atoms with E-state index < -0.39 is 41.3 Å². The smallest absolute Gasteiger partial charge is 0.332 e. The van der Waals surface area contributed by atoms with Crippen LogP contribution in [0, 0.1) is 24.2 Å². The quantitative estimate of drug-likeness (QED) is 0.214. The third-order valence-corrected chi connectivity index (χ3v) is 11.0. The highest BCUT2D eigenvalue weighted by Gasteiger charge is 2.55. The zero-order valence-corrected chi connectivity index (χ0v) is 28.5. The Morgan fingerprint density at radius 1 is 0.980 bits per heavy atom. The summed E-state index contributed by atoms with van der Waals surface area (Å²) in [5.74, 6) is -6.11. The number of carboxylic acids is 4. The lowest BCUT2D eigenvalue weighted by atomic mass is 9.62. The Bertz CT molecular complexity index is 2030. The van der Waals surface area contributed by atoms with Gasteiger partial charge in [-0.25, -0.2) is 4.79 Å². The van der Waals surface area contributed by atoms with E-state index in [1.54, 1.807) is 13.0 Å². The van der Waals surface area contributed by atoms with Crippen LogP contribution in [0.3, 0.4) is 0 Å². The van der Waals surface area contributed by atoms with Crippen LogP contribution in [-0.2, 0) is 38.4 Å². The third kappa shape index (κ3) is 5.72. The first kappa shape index (κ1) is 34.5. The van der Waals surface area contributed by atoms with E-state index in [4.69, 9.17) is 15.0 Å². The maximum atomic E-state index is 12.9. The van der Waals surface area contributed by atoms with Crippen molar-refractivity contribution < 1.29 is 39.6 Å². The first-order chi connectivity index (χ1) is 23.6. The van der Waals surface area contributed by atoms with Gasteiger partial charge in [-0.3, -0.25) is 29.4 Å². The predicted octanol–water partition coefficient (Wildman–Crippen LogP) is 5.36. The minimum Gasteiger partial charge on any atom is -0.481 e. The summed E-state index contributed by atoms with van der Waals surface area (Å²) in [6.07, 6.45) is 7.92. The second-order valence-electron chi connectivity index (χ2n) is 13.7. The molecule has 6 rings (SSSR count). The molecule has 0 spiro atoms. The molecule has 4 atom stereocenters. The van der Waals surface area contributed by atoms with Gasteiger partial charge in [0.25, 0.3) is 0 Å². The highest BCUT2D eigenvalue weighted by molar-refractivity contribution is 6.19. The third-order valence-electron chi connectivity index (χ3n) is 11.0. The summed E-state index contributed by atoms with van der Waals surface area (Å²) in [6, 6.07) is -0.456. The topological polar surface area (TPSA) is 202 Å². The van der Waals surface area contributed by atoms with Crippen molar-refractivity contribution in [2.24, 2.45) is 32.2 Å². The number of carbonyl (C=O) groups is 4. The Morgan fingerprint density at radius 2 is 1.68 bits per heavy atom. The number of carboxylic acid groups (broad SMARTS) is 4. The van der Waals surface area contributed by atoms with Gasteiger partial charge < -0.3 is 25.4 Å². The normalized spacial score (nSPS) is 25.6. The van der Waals surface area contributed by atoms with E-state index in [1.807, 2.05) is 32.9 Å². The van der Waals surface area contributed by atoms with E-state index in [0.29, 0.717) is 47.7 Å². The number of aliphatic carboxylic acids is 4. The highest BCUT2D eigenvalue weighted by atomic mass is 16.4. The number of rotatable bonds is 9. The zero-order valence-electron chi connectivity index (χ0n) is 28.5. The van der Waals surface area contributed by atoms with E-state index >= 15 is 0 Å². The molecule has 5 aliphatic rings. The van der Waals surface area contributed by atoms with Crippen molar-refractivity contribution in [3.8, 4) is 0 Å².